The largest absolute Gasteiger partial charge is 0.487 e. The van der Waals surface area contributed by atoms with Crippen molar-refractivity contribution in [1.29, 1.82) is 0 Å². The Labute approximate surface area is 226 Å². The summed E-state index contributed by atoms with van der Waals surface area (Å²) in [7, 11) is 0. The first-order chi connectivity index (χ1) is 17.6. The highest BCUT2D eigenvalue weighted by atomic mass is 35.5. The van der Waals surface area contributed by atoms with E-state index in [0.717, 1.165) is 4.90 Å². The van der Waals surface area contributed by atoms with Crippen molar-refractivity contribution >= 4 is 70.4 Å². The number of amides is 4. The summed E-state index contributed by atoms with van der Waals surface area (Å²) in [6.45, 7) is 1.65. The number of imide groups is 2. The molecule has 0 aliphatic carbocycles. The molecule has 11 heteroatoms. The minimum absolute atomic E-state index is 0.00386. The molecule has 0 spiro atoms. The fraction of sp³-hybridized carbons (Fsp3) is 0.0769. The van der Waals surface area contributed by atoms with Gasteiger partial charge in [0.15, 0.2) is 0 Å². The van der Waals surface area contributed by atoms with E-state index in [1.807, 2.05) is 0 Å². The van der Waals surface area contributed by atoms with Crippen molar-refractivity contribution in [2.24, 2.45) is 0 Å². The van der Waals surface area contributed by atoms with Crippen molar-refractivity contribution in [3.8, 4) is 5.75 Å². The first-order valence-corrected chi connectivity index (χ1v) is 11.8. The fourth-order valence-corrected chi connectivity index (χ4v) is 4.34. The molecule has 0 bridgehead atoms. The van der Waals surface area contributed by atoms with Crippen LogP contribution in [-0.2, 0) is 16.2 Å². The molecule has 1 aliphatic rings. The third-order valence-electron chi connectivity index (χ3n) is 5.50. The number of aromatic carboxylic acids is 1. The van der Waals surface area contributed by atoms with Gasteiger partial charge in [-0.25, -0.2) is 14.5 Å². The molecule has 4 rings (SSSR count). The van der Waals surface area contributed by atoms with Crippen molar-refractivity contribution in [3.63, 3.8) is 0 Å². The van der Waals surface area contributed by atoms with Crippen molar-refractivity contribution in [2.45, 2.75) is 13.5 Å². The topological polar surface area (TPSA) is 113 Å². The molecule has 0 saturated carbocycles. The van der Waals surface area contributed by atoms with Gasteiger partial charge >= 0.3 is 12.0 Å². The Hall–Kier alpha value is -3.85. The van der Waals surface area contributed by atoms with Gasteiger partial charge in [-0.1, -0.05) is 53.0 Å². The van der Waals surface area contributed by atoms with Gasteiger partial charge in [0.25, 0.3) is 11.8 Å². The zero-order chi connectivity index (χ0) is 26.9. The lowest BCUT2D eigenvalue weighted by Crippen LogP contribution is -2.54. The van der Waals surface area contributed by atoms with Gasteiger partial charge in [-0.2, -0.15) is 0 Å². The zero-order valence-electron chi connectivity index (χ0n) is 19.1. The molecule has 8 nitrogen and oxygen atoms in total. The molecule has 0 aromatic heterocycles. The van der Waals surface area contributed by atoms with E-state index in [1.54, 1.807) is 31.2 Å². The lowest BCUT2D eigenvalue weighted by molar-refractivity contribution is -0.122. The molecule has 3 aromatic rings. The average Bonchev–Trinajstić information content (AvgIpc) is 2.84. The van der Waals surface area contributed by atoms with Crippen LogP contribution in [0.2, 0.25) is 15.1 Å². The maximum atomic E-state index is 13.3. The van der Waals surface area contributed by atoms with Crippen LogP contribution in [0, 0.1) is 6.92 Å². The molecule has 1 heterocycles. The number of ether oxygens (including phenoxy) is 1. The zero-order valence-corrected chi connectivity index (χ0v) is 21.3. The third kappa shape index (κ3) is 5.46. The molecule has 188 valence electrons. The SMILES string of the molecule is Cc1c(Cl)cccc1N1C(=O)NC(=O)/C(=C\c2cc(Cl)cc(Cl)c2OCc2ccc(C(=O)O)cc2)C1=O. The van der Waals surface area contributed by atoms with Gasteiger partial charge in [0.1, 0.15) is 17.9 Å². The number of carboxylic acid groups (broad SMARTS) is 1. The third-order valence-corrected chi connectivity index (χ3v) is 6.41. The smallest absolute Gasteiger partial charge is 0.335 e. The van der Waals surface area contributed by atoms with Gasteiger partial charge in [-0.05, 0) is 60.5 Å². The number of hydrogen-bond acceptors (Lipinski definition) is 5. The van der Waals surface area contributed by atoms with E-state index in [9.17, 15) is 19.2 Å². The Bertz CT molecular complexity index is 1480. The molecule has 0 atom stereocenters. The lowest BCUT2D eigenvalue weighted by Gasteiger charge is -2.28. The predicted octanol–water partition coefficient (Wildman–Crippen LogP) is 5.90. The van der Waals surface area contributed by atoms with Crippen molar-refractivity contribution < 1.29 is 29.0 Å². The first kappa shape index (κ1) is 26.2. The van der Waals surface area contributed by atoms with Gasteiger partial charge in [-0.3, -0.25) is 14.9 Å². The molecular formula is C26H17Cl3N2O6. The normalized spacial score (nSPS) is 14.6. The van der Waals surface area contributed by atoms with Crippen LogP contribution in [0.15, 0.2) is 60.2 Å². The highest BCUT2D eigenvalue weighted by Gasteiger charge is 2.38. The number of carbonyl (C=O) groups is 4. The quantitative estimate of drug-likeness (QED) is 0.287. The first-order valence-electron chi connectivity index (χ1n) is 10.7. The van der Waals surface area contributed by atoms with Crippen LogP contribution in [0.3, 0.4) is 0 Å². The molecule has 3 aromatic carbocycles. The molecule has 37 heavy (non-hydrogen) atoms. The molecule has 4 amide bonds. The number of anilines is 1. The Morgan fingerprint density at radius 2 is 1.73 bits per heavy atom. The van der Waals surface area contributed by atoms with E-state index in [4.69, 9.17) is 44.6 Å². The standard InChI is InChI=1S/C26H17Cl3N2O6/c1-13-19(28)3-2-4-21(13)31-24(33)18(23(32)30-26(31)36)10-16-9-17(27)11-20(29)22(16)37-12-14-5-7-15(8-6-14)25(34)35/h2-11H,12H2,1H3,(H,34,35)(H,30,32,36)/b18-10+. The summed E-state index contributed by atoms with van der Waals surface area (Å²) in [4.78, 5) is 50.5. The number of rotatable bonds is 6. The number of carbonyl (C=O) groups excluding carboxylic acids is 3. The van der Waals surface area contributed by atoms with Crippen LogP contribution in [0.25, 0.3) is 6.08 Å². The van der Waals surface area contributed by atoms with Crippen molar-refractivity contribution in [1.82, 2.24) is 5.32 Å². The van der Waals surface area contributed by atoms with Gasteiger partial charge < -0.3 is 9.84 Å². The second-order valence-corrected chi connectivity index (χ2v) is 9.19. The summed E-state index contributed by atoms with van der Waals surface area (Å²) in [5.41, 5.74) is 1.33. The van der Waals surface area contributed by atoms with Crippen LogP contribution in [0.4, 0.5) is 10.5 Å². The molecule has 0 radical (unpaired) electrons. The second-order valence-electron chi connectivity index (χ2n) is 7.94. The Kier molecular flexibility index (Phi) is 7.54. The average molecular weight is 560 g/mol. The minimum atomic E-state index is -1.06. The predicted molar refractivity (Wildman–Crippen MR) is 139 cm³/mol. The number of nitrogens with one attached hydrogen (secondary N) is 1. The number of carboxylic acids is 1. The van der Waals surface area contributed by atoms with Crippen LogP contribution in [0.5, 0.6) is 5.75 Å². The van der Waals surface area contributed by atoms with Gasteiger partial charge in [-0.15, -0.1) is 0 Å². The molecule has 1 fully saturated rings. The Balaban J connectivity index is 1.70. The van der Waals surface area contributed by atoms with E-state index in [0.29, 0.717) is 16.1 Å². The van der Waals surface area contributed by atoms with E-state index >= 15 is 0 Å². The van der Waals surface area contributed by atoms with Gasteiger partial charge in [0.05, 0.1) is 16.3 Å². The number of hydrogen-bond donors (Lipinski definition) is 2. The number of nitrogens with zero attached hydrogens (tertiary/aromatic N) is 1. The van der Waals surface area contributed by atoms with Crippen LogP contribution in [0.1, 0.15) is 27.0 Å². The lowest BCUT2D eigenvalue weighted by atomic mass is 10.0. The summed E-state index contributed by atoms with van der Waals surface area (Å²) in [5.74, 6) is -2.70. The van der Waals surface area contributed by atoms with Gasteiger partial charge in [0, 0.05) is 15.6 Å². The monoisotopic (exact) mass is 558 g/mol. The summed E-state index contributed by atoms with van der Waals surface area (Å²) >= 11 is 18.7. The fourth-order valence-electron chi connectivity index (χ4n) is 3.61. The number of urea groups is 1. The highest BCUT2D eigenvalue weighted by Crippen LogP contribution is 2.36. The molecule has 2 N–H and O–H groups in total. The summed E-state index contributed by atoms with van der Waals surface area (Å²) in [6.07, 6.45) is 1.23. The van der Waals surface area contributed by atoms with E-state index in [2.05, 4.69) is 5.32 Å². The van der Waals surface area contributed by atoms with Crippen molar-refractivity contribution in [2.75, 3.05) is 4.90 Å². The number of halogens is 3. The van der Waals surface area contributed by atoms with E-state index in [1.165, 1.54) is 36.4 Å². The number of benzene rings is 3. The van der Waals surface area contributed by atoms with E-state index in [-0.39, 0.29) is 44.8 Å². The van der Waals surface area contributed by atoms with Crippen LogP contribution >= 0.6 is 34.8 Å². The Morgan fingerprint density at radius 3 is 2.41 bits per heavy atom. The maximum absolute atomic E-state index is 13.3. The van der Waals surface area contributed by atoms with Crippen molar-refractivity contribution in [3.05, 3.63) is 97.5 Å². The number of barbiturate groups is 1. The Morgan fingerprint density at radius 1 is 1.03 bits per heavy atom. The van der Waals surface area contributed by atoms with E-state index < -0.39 is 23.8 Å². The molecule has 1 aliphatic heterocycles. The second kappa shape index (κ2) is 10.6. The van der Waals surface area contributed by atoms with Crippen LogP contribution in [-0.4, -0.2) is 28.9 Å². The molecular weight excluding hydrogens is 543 g/mol. The summed E-state index contributed by atoms with van der Waals surface area (Å²) in [6, 6.07) is 12.7. The summed E-state index contributed by atoms with van der Waals surface area (Å²) < 4.78 is 5.87. The maximum Gasteiger partial charge on any atom is 0.335 e. The minimum Gasteiger partial charge on any atom is -0.487 e. The van der Waals surface area contributed by atoms with Crippen LogP contribution < -0.4 is 15.0 Å². The molecule has 0 unspecified atom stereocenters. The van der Waals surface area contributed by atoms with Gasteiger partial charge in [0.2, 0.25) is 0 Å². The highest BCUT2D eigenvalue weighted by molar-refractivity contribution is 6.40. The summed E-state index contributed by atoms with van der Waals surface area (Å²) in [5, 5.41) is 11.9. The molecule has 1 saturated heterocycles.